The summed E-state index contributed by atoms with van der Waals surface area (Å²) in [5, 5.41) is 0. The van der Waals surface area contributed by atoms with Crippen molar-refractivity contribution in [2.45, 2.75) is 48.0 Å². The van der Waals surface area contributed by atoms with E-state index in [2.05, 4.69) is 47.6 Å². The van der Waals surface area contributed by atoms with Crippen molar-refractivity contribution in [2.24, 2.45) is 17.8 Å². The van der Waals surface area contributed by atoms with Crippen LogP contribution in [0.15, 0.2) is 22.8 Å². The van der Waals surface area contributed by atoms with E-state index in [0.717, 1.165) is 0 Å². The molecular weight excluding hydrogens is 207 g/mol. The van der Waals surface area contributed by atoms with E-state index in [4.69, 9.17) is 0 Å². The van der Waals surface area contributed by atoms with E-state index >= 15 is 0 Å². The van der Waals surface area contributed by atoms with Crippen molar-refractivity contribution in [2.75, 3.05) is 0 Å². The Kier molecular flexibility index (Phi) is 7.26. The van der Waals surface area contributed by atoms with Gasteiger partial charge in [0, 0.05) is 0 Å². The van der Waals surface area contributed by atoms with Gasteiger partial charge in [-0.1, -0.05) is 53.2 Å². The third-order valence-electron chi connectivity index (χ3n) is 3.10. The molecule has 0 amide bonds. The number of rotatable bonds is 3. The molecule has 0 aromatic heterocycles. The van der Waals surface area contributed by atoms with Crippen LogP contribution < -0.4 is 0 Å². The topological polar surface area (TPSA) is 0 Å². The molecule has 0 N–H and O–H groups in total. The van der Waals surface area contributed by atoms with Crippen LogP contribution in [-0.4, -0.2) is 51.4 Å². The first-order valence-corrected chi connectivity index (χ1v) is 5.88. The Morgan fingerprint density at radius 2 is 1.40 bits per heavy atom. The van der Waals surface area contributed by atoms with Crippen molar-refractivity contribution >= 4 is 51.4 Å². The third kappa shape index (κ3) is 3.81. The molecule has 0 saturated carbocycles. The minimum absolute atomic E-state index is 0. The number of hydrogen-bond acceptors (Lipinski definition) is 0. The van der Waals surface area contributed by atoms with Gasteiger partial charge in [0.2, 0.25) is 0 Å². The first-order chi connectivity index (χ1) is 6.45. The van der Waals surface area contributed by atoms with E-state index in [1.807, 2.05) is 0 Å². The van der Waals surface area contributed by atoms with Gasteiger partial charge in [0.1, 0.15) is 0 Å². The average Bonchev–Trinajstić information content (AvgIpc) is 2.46. The van der Waals surface area contributed by atoms with Gasteiger partial charge in [-0.15, -0.1) is 0 Å². The van der Waals surface area contributed by atoms with E-state index in [9.17, 15) is 0 Å². The van der Waals surface area contributed by atoms with Crippen LogP contribution in [0, 0.1) is 17.8 Å². The monoisotopic (exact) mass is 232 g/mol. The first kappa shape index (κ1) is 16.1. The van der Waals surface area contributed by atoms with Crippen LogP contribution in [0.4, 0.5) is 0 Å². The van der Waals surface area contributed by atoms with Gasteiger partial charge >= 0.3 is 51.4 Å². The summed E-state index contributed by atoms with van der Waals surface area (Å²) in [7, 11) is 0. The van der Waals surface area contributed by atoms with Crippen LogP contribution in [0.3, 0.4) is 0 Å². The average molecular weight is 232 g/mol. The Morgan fingerprint density at radius 1 is 0.867 bits per heavy atom. The van der Waals surface area contributed by atoms with Crippen molar-refractivity contribution in [3.05, 3.63) is 22.8 Å². The summed E-state index contributed by atoms with van der Waals surface area (Å²) in [5.41, 5.74) is 4.92. The molecule has 0 aliphatic heterocycles. The second-order valence-electron chi connectivity index (χ2n) is 5.27. The summed E-state index contributed by atoms with van der Waals surface area (Å²) >= 11 is 0. The van der Waals surface area contributed by atoms with Gasteiger partial charge in [0.15, 0.2) is 0 Å². The summed E-state index contributed by atoms with van der Waals surface area (Å²) in [5.74, 6) is 2.08. The molecule has 0 aromatic carbocycles. The summed E-state index contributed by atoms with van der Waals surface area (Å²) in [6.07, 6.45) is 3.63. The van der Waals surface area contributed by atoms with Crippen LogP contribution in [-0.2, 0) is 0 Å². The Balaban J connectivity index is 0.00000196. The van der Waals surface area contributed by atoms with E-state index in [0.29, 0.717) is 17.8 Å². The fraction of sp³-hybridized carbons (Fsp3) is 0.714. The molecule has 0 atom stereocenters. The molecule has 1 heteroatoms. The fourth-order valence-corrected chi connectivity index (χ4v) is 2.42. The Bertz CT molecular complexity index is 267. The fourth-order valence-electron chi connectivity index (χ4n) is 2.42. The predicted molar refractivity (Wildman–Crippen MR) is 71.4 cm³/mol. The van der Waals surface area contributed by atoms with Crippen molar-refractivity contribution in [1.29, 1.82) is 0 Å². The molecule has 15 heavy (non-hydrogen) atoms. The molecule has 0 fully saturated rings. The van der Waals surface area contributed by atoms with E-state index in [-0.39, 0.29) is 51.4 Å². The maximum absolute atomic E-state index is 2.44. The summed E-state index contributed by atoms with van der Waals surface area (Å²) in [6, 6.07) is 0. The van der Waals surface area contributed by atoms with Gasteiger partial charge in [-0.3, -0.25) is 0 Å². The minimum atomic E-state index is 0. The van der Waals surface area contributed by atoms with Gasteiger partial charge < -0.3 is 0 Å². The summed E-state index contributed by atoms with van der Waals surface area (Å²) in [6.45, 7) is 13.9. The SMILES string of the molecule is CC(C)C1=CCC(C(C)C)=C1C(C)C.[KH]. The number of allylic oxidation sites excluding steroid dienone is 4. The second kappa shape index (κ2) is 6.76. The molecule has 1 aliphatic carbocycles. The molecule has 0 unspecified atom stereocenters. The van der Waals surface area contributed by atoms with Gasteiger partial charge in [-0.25, -0.2) is 0 Å². The van der Waals surface area contributed by atoms with Crippen LogP contribution >= 0.6 is 0 Å². The molecule has 0 aromatic rings. The van der Waals surface area contributed by atoms with Gasteiger partial charge in [-0.2, -0.15) is 0 Å². The van der Waals surface area contributed by atoms with E-state index in [1.54, 1.807) is 16.7 Å². The van der Waals surface area contributed by atoms with Crippen LogP contribution in [0.1, 0.15) is 48.0 Å². The summed E-state index contributed by atoms with van der Waals surface area (Å²) in [4.78, 5) is 0. The van der Waals surface area contributed by atoms with E-state index in [1.165, 1.54) is 6.42 Å². The maximum atomic E-state index is 2.44. The molecule has 0 radical (unpaired) electrons. The van der Waals surface area contributed by atoms with Crippen molar-refractivity contribution in [3.63, 3.8) is 0 Å². The molecule has 0 bridgehead atoms. The summed E-state index contributed by atoms with van der Waals surface area (Å²) < 4.78 is 0. The zero-order chi connectivity index (χ0) is 10.9. The molecule has 1 rings (SSSR count). The normalized spacial score (nSPS) is 16.5. The predicted octanol–water partition coefficient (Wildman–Crippen LogP) is 3.93. The molecule has 0 nitrogen and oxygen atoms in total. The molecule has 0 spiro atoms. The number of hydrogen-bond donors (Lipinski definition) is 0. The van der Waals surface area contributed by atoms with Gasteiger partial charge in [0.05, 0.1) is 0 Å². The molecule has 1 aliphatic rings. The molecule has 0 heterocycles. The third-order valence-corrected chi connectivity index (χ3v) is 3.10. The molecule has 0 saturated heterocycles. The van der Waals surface area contributed by atoms with Gasteiger partial charge in [-0.05, 0) is 35.3 Å². The Hall–Kier alpha value is 1.12. The first-order valence-electron chi connectivity index (χ1n) is 5.88. The standard InChI is InChI=1S/C14H24.K.H/c1-9(2)12-7-8-13(10(3)4)14(12)11(5)6;;/h7,9-11H,8H2,1-6H3;;. The quantitative estimate of drug-likeness (QED) is 0.647. The molecule has 82 valence electrons. The Morgan fingerprint density at radius 3 is 1.73 bits per heavy atom. The van der Waals surface area contributed by atoms with Crippen molar-refractivity contribution in [1.82, 2.24) is 0 Å². The van der Waals surface area contributed by atoms with Crippen molar-refractivity contribution in [3.8, 4) is 0 Å². The van der Waals surface area contributed by atoms with Gasteiger partial charge in [0.25, 0.3) is 0 Å². The zero-order valence-corrected chi connectivity index (χ0v) is 10.5. The molecular formula is C14H25K. The van der Waals surface area contributed by atoms with E-state index < -0.39 is 0 Å². The Labute approximate surface area is 138 Å². The van der Waals surface area contributed by atoms with Crippen LogP contribution in [0.25, 0.3) is 0 Å². The second-order valence-corrected chi connectivity index (χ2v) is 5.27. The van der Waals surface area contributed by atoms with Crippen LogP contribution in [0.5, 0.6) is 0 Å². The van der Waals surface area contributed by atoms with Crippen LogP contribution in [0.2, 0.25) is 0 Å². The zero-order valence-electron chi connectivity index (χ0n) is 10.5. The van der Waals surface area contributed by atoms with Crippen molar-refractivity contribution < 1.29 is 0 Å².